The molecule has 0 bridgehead atoms. The summed E-state index contributed by atoms with van der Waals surface area (Å²) in [5.74, 6) is 1.12. The van der Waals surface area contributed by atoms with Crippen LogP contribution in [-0.2, 0) is 6.54 Å². The molecule has 0 aromatic heterocycles. The van der Waals surface area contributed by atoms with Crippen LogP contribution < -0.4 is 4.74 Å². The van der Waals surface area contributed by atoms with Crippen LogP contribution in [-0.4, -0.2) is 53.7 Å². The molecule has 4 heteroatoms. The minimum atomic E-state index is 0.359. The third-order valence-electron chi connectivity index (χ3n) is 4.60. The maximum absolute atomic E-state index is 10.2. The summed E-state index contributed by atoms with van der Waals surface area (Å²) < 4.78 is 5.56. The van der Waals surface area contributed by atoms with Gasteiger partial charge in [-0.05, 0) is 31.9 Å². The van der Waals surface area contributed by atoms with Crippen molar-refractivity contribution in [3.63, 3.8) is 0 Å². The summed E-state index contributed by atoms with van der Waals surface area (Å²) in [5.41, 5.74) is 1.00. The van der Waals surface area contributed by atoms with E-state index in [1.165, 1.54) is 25.9 Å². The van der Waals surface area contributed by atoms with Gasteiger partial charge in [0, 0.05) is 43.9 Å². The van der Waals surface area contributed by atoms with Crippen molar-refractivity contribution in [2.24, 2.45) is 0 Å². The van der Waals surface area contributed by atoms with Gasteiger partial charge in [-0.3, -0.25) is 9.80 Å². The Balaban J connectivity index is 1.59. The smallest absolute Gasteiger partial charge is 0.123 e. The number of phenols is 1. The fourth-order valence-electron chi connectivity index (χ4n) is 3.43. The monoisotopic (exact) mass is 290 g/mol. The molecule has 21 heavy (non-hydrogen) atoms. The third-order valence-corrected chi connectivity index (χ3v) is 4.60. The summed E-state index contributed by atoms with van der Waals surface area (Å²) in [5, 5.41) is 10.2. The summed E-state index contributed by atoms with van der Waals surface area (Å²) in [6.45, 7) is 8.29. The van der Waals surface area contributed by atoms with Crippen molar-refractivity contribution in [3.8, 4) is 11.5 Å². The van der Waals surface area contributed by atoms with Gasteiger partial charge < -0.3 is 9.84 Å². The van der Waals surface area contributed by atoms with Gasteiger partial charge in [0.25, 0.3) is 0 Å². The average molecular weight is 290 g/mol. The van der Waals surface area contributed by atoms with Gasteiger partial charge in [0.05, 0.1) is 6.61 Å². The van der Waals surface area contributed by atoms with E-state index in [1.807, 2.05) is 12.1 Å². The van der Waals surface area contributed by atoms with Crippen molar-refractivity contribution in [2.75, 3.05) is 32.8 Å². The minimum Gasteiger partial charge on any atom is -0.507 e. The highest BCUT2D eigenvalue weighted by Crippen LogP contribution is 2.27. The molecule has 2 aliphatic heterocycles. The second-order valence-corrected chi connectivity index (χ2v) is 6.21. The van der Waals surface area contributed by atoms with Gasteiger partial charge >= 0.3 is 0 Å². The second-order valence-electron chi connectivity index (χ2n) is 6.21. The van der Waals surface area contributed by atoms with Crippen molar-refractivity contribution >= 4 is 0 Å². The van der Waals surface area contributed by atoms with E-state index < -0.39 is 0 Å². The topological polar surface area (TPSA) is 35.9 Å². The quantitative estimate of drug-likeness (QED) is 0.903. The summed E-state index contributed by atoms with van der Waals surface area (Å²) in [4.78, 5) is 5.08. The Hall–Kier alpha value is -1.26. The first-order valence-electron chi connectivity index (χ1n) is 8.17. The number of piperazine rings is 1. The zero-order valence-electron chi connectivity index (χ0n) is 12.9. The van der Waals surface area contributed by atoms with Gasteiger partial charge in [-0.25, -0.2) is 0 Å². The zero-order valence-corrected chi connectivity index (χ0v) is 12.9. The standard InChI is InChI=1S/C17H26N2O2/c1-2-10-21-16-6-5-14(17(20)11-16)12-18-8-9-19-7-3-4-15(19)13-18/h5-6,11,15,20H,2-4,7-10,12-13H2,1H3. The largest absolute Gasteiger partial charge is 0.507 e. The van der Waals surface area contributed by atoms with Crippen molar-refractivity contribution in [1.29, 1.82) is 0 Å². The zero-order chi connectivity index (χ0) is 14.7. The van der Waals surface area contributed by atoms with Gasteiger partial charge in [0.2, 0.25) is 0 Å². The van der Waals surface area contributed by atoms with Crippen LogP contribution in [0.25, 0.3) is 0 Å². The molecule has 0 aliphatic carbocycles. The number of hydrogen-bond donors (Lipinski definition) is 1. The number of ether oxygens (including phenoxy) is 1. The molecule has 2 saturated heterocycles. The summed E-state index contributed by atoms with van der Waals surface area (Å²) in [6.07, 6.45) is 3.65. The summed E-state index contributed by atoms with van der Waals surface area (Å²) >= 11 is 0. The highest BCUT2D eigenvalue weighted by Gasteiger charge is 2.30. The minimum absolute atomic E-state index is 0.359. The predicted octanol–water partition coefficient (Wildman–Crippen LogP) is 2.46. The molecular weight excluding hydrogens is 264 g/mol. The van der Waals surface area contributed by atoms with Crippen LogP contribution in [0.2, 0.25) is 0 Å². The molecule has 0 saturated carbocycles. The maximum Gasteiger partial charge on any atom is 0.123 e. The third kappa shape index (κ3) is 3.50. The molecule has 116 valence electrons. The Kier molecular flexibility index (Phi) is 4.66. The van der Waals surface area contributed by atoms with Crippen LogP contribution in [0.15, 0.2) is 18.2 Å². The van der Waals surface area contributed by atoms with Crippen molar-refractivity contribution in [3.05, 3.63) is 23.8 Å². The molecule has 2 fully saturated rings. The van der Waals surface area contributed by atoms with E-state index in [4.69, 9.17) is 4.74 Å². The molecule has 0 radical (unpaired) electrons. The Morgan fingerprint density at radius 1 is 1.29 bits per heavy atom. The lowest BCUT2D eigenvalue weighted by atomic mass is 10.1. The number of hydrogen-bond acceptors (Lipinski definition) is 4. The van der Waals surface area contributed by atoms with Gasteiger partial charge in [-0.2, -0.15) is 0 Å². The SMILES string of the molecule is CCCOc1ccc(CN2CCN3CCCC3C2)c(O)c1. The van der Waals surface area contributed by atoms with Crippen molar-refractivity contribution < 1.29 is 9.84 Å². The van der Waals surface area contributed by atoms with Crippen LogP contribution in [0.5, 0.6) is 11.5 Å². The first-order valence-corrected chi connectivity index (χ1v) is 8.17. The van der Waals surface area contributed by atoms with E-state index in [-0.39, 0.29) is 0 Å². The molecule has 2 heterocycles. The molecule has 1 aromatic rings. The van der Waals surface area contributed by atoms with E-state index in [0.29, 0.717) is 12.4 Å². The molecule has 1 unspecified atom stereocenters. The lowest BCUT2D eigenvalue weighted by molar-refractivity contribution is 0.0987. The second kappa shape index (κ2) is 6.67. The number of phenolic OH excluding ortho intramolecular Hbond substituents is 1. The normalized spacial score (nSPS) is 23.2. The highest BCUT2D eigenvalue weighted by atomic mass is 16.5. The van der Waals surface area contributed by atoms with Crippen LogP contribution in [0.1, 0.15) is 31.7 Å². The van der Waals surface area contributed by atoms with Gasteiger partial charge in [0.1, 0.15) is 11.5 Å². The Labute approximate surface area is 127 Å². The molecule has 0 spiro atoms. The summed E-state index contributed by atoms with van der Waals surface area (Å²) in [7, 11) is 0. The predicted molar refractivity (Wildman–Crippen MR) is 83.8 cm³/mol. The fraction of sp³-hybridized carbons (Fsp3) is 0.647. The lowest BCUT2D eigenvalue weighted by Crippen LogP contribution is -2.49. The number of fused-ring (bicyclic) bond motifs is 1. The van der Waals surface area contributed by atoms with Crippen molar-refractivity contribution in [1.82, 2.24) is 9.80 Å². The van der Waals surface area contributed by atoms with Crippen LogP contribution >= 0.6 is 0 Å². The molecule has 1 atom stereocenters. The van der Waals surface area contributed by atoms with Gasteiger partial charge in [0.15, 0.2) is 0 Å². The average Bonchev–Trinajstić information content (AvgIpc) is 2.95. The Bertz CT molecular complexity index is 478. The van der Waals surface area contributed by atoms with Crippen molar-refractivity contribution in [2.45, 2.75) is 38.8 Å². The lowest BCUT2D eigenvalue weighted by Gasteiger charge is -2.37. The van der Waals surface area contributed by atoms with Crippen LogP contribution in [0, 0.1) is 0 Å². The molecule has 1 N–H and O–H groups in total. The van der Waals surface area contributed by atoms with Crippen LogP contribution in [0.4, 0.5) is 0 Å². The fourth-order valence-corrected chi connectivity index (χ4v) is 3.43. The Morgan fingerprint density at radius 2 is 2.19 bits per heavy atom. The van der Waals surface area contributed by atoms with E-state index in [1.54, 1.807) is 6.07 Å². The first kappa shape index (κ1) is 14.7. The van der Waals surface area contributed by atoms with E-state index in [0.717, 1.165) is 43.4 Å². The number of rotatable bonds is 5. The molecular formula is C17H26N2O2. The first-order chi connectivity index (χ1) is 10.3. The molecule has 4 nitrogen and oxygen atoms in total. The van der Waals surface area contributed by atoms with Gasteiger partial charge in [-0.1, -0.05) is 13.0 Å². The molecule has 0 amide bonds. The Morgan fingerprint density at radius 3 is 3.00 bits per heavy atom. The number of nitrogens with zero attached hydrogens (tertiary/aromatic N) is 2. The maximum atomic E-state index is 10.2. The van der Waals surface area contributed by atoms with Gasteiger partial charge in [-0.15, -0.1) is 0 Å². The molecule has 1 aromatic carbocycles. The van der Waals surface area contributed by atoms with Crippen LogP contribution in [0.3, 0.4) is 0 Å². The van der Waals surface area contributed by atoms with E-state index >= 15 is 0 Å². The molecule has 3 rings (SSSR count). The van der Waals surface area contributed by atoms with E-state index in [9.17, 15) is 5.11 Å². The summed E-state index contributed by atoms with van der Waals surface area (Å²) in [6, 6.07) is 6.45. The van der Waals surface area contributed by atoms with E-state index in [2.05, 4.69) is 16.7 Å². The highest BCUT2D eigenvalue weighted by molar-refractivity contribution is 5.39. The number of benzene rings is 1. The number of aromatic hydroxyl groups is 1. The molecule has 2 aliphatic rings.